The van der Waals surface area contributed by atoms with E-state index in [4.69, 9.17) is 8.92 Å². The minimum Gasteiger partial charge on any atom is -0.490 e. The molecule has 8 heteroatoms. The number of benzene rings is 3. The molecule has 0 saturated heterocycles. The van der Waals surface area contributed by atoms with Gasteiger partial charge in [0.2, 0.25) is 0 Å². The molecule has 4 rings (SSSR count). The molecular weight excluding hydrogens is 488 g/mol. The number of aryl methyl sites for hydroxylation is 1. The number of carbonyl (C=O) groups is 1. The van der Waals surface area contributed by atoms with Crippen molar-refractivity contribution in [3.8, 4) is 11.5 Å². The lowest BCUT2D eigenvalue weighted by Gasteiger charge is -2.17. The molecule has 190 valence electrons. The van der Waals surface area contributed by atoms with Gasteiger partial charge in [0, 0.05) is 5.56 Å². The number of anilines is 1. The predicted molar refractivity (Wildman–Crippen MR) is 146 cm³/mol. The Bertz CT molecular complexity index is 1490. The van der Waals surface area contributed by atoms with E-state index in [0.717, 1.165) is 5.56 Å². The standard InChI is InChI=1S/C29H28N2O5S/c1-5-10-23-17-22(18-26-21(4)30-31(29(26)32)24-11-8-7-9-12-24)19-27(35-6-2)28(23)36-37(33,34)25-15-13-20(3)14-16-25/h5,7-9,11-19H,1,6,10H2,2-4H3/b26-18+. The van der Waals surface area contributed by atoms with Gasteiger partial charge < -0.3 is 8.92 Å². The van der Waals surface area contributed by atoms with E-state index in [1.165, 1.54) is 17.1 Å². The van der Waals surface area contributed by atoms with Crippen LogP contribution in [0.2, 0.25) is 0 Å². The van der Waals surface area contributed by atoms with Gasteiger partial charge in [-0.1, -0.05) is 42.0 Å². The van der Waals surface area contributed by atoms with Crippen LogP contribution in [0, 0.1) is 6.92 Å². The van der Waals surface area contributed by atoms with Gasteiger partial charge in [-0.3, -0.25) is 4.79 Å². The second kappa shape index (κ2) is 10.8. The summed E-state index contributed by atoms with van der Waals surface area (Å²) in [5.41, 5.74) is 3.81. The number of rotatable bonds is 9. The molecule has 0 aromatic heterocycles. The Morgan fingerprint density at radius 2 is 1.73 bits per heavy atom. The zero-order valence-corrected chi connectivity index (χ0v) is 21.8. The van der Waals surface area contributed by atoms with E-state index >= 15 is 0 Å². The maximum atomic E-state index is 13.2. The van der Waals surface area contributed by atoms with Crippen LogP contribution in [0.1, 0.15) is 30.5 Å². The van der Waals surface area contributed by atoms with Crippen molar-refractivity contribution in [2.45, 2.75) is 32.1 Å². The third kappa shape index (κ3) is 5.65. The van der Waals surface area contributed by atoms with Crippen LogP contribution in [0.5, 0.6) is 11.5 Å². The molecule has 7 nitrogen and oxygen atoms in total. The fourth-order valence-corrected chi connectivity index (χ4v) is 4.86. The molecule has 37 heavy (non-hydrogen) atoms. The molecule has 3 aromatic rings. The van der Waals surface area contributed by atoms with E-state index in [2.05, 4.69) is 11.7 Å². The Kier molecular flexibility index (Phi) is 7.59. The van der Waals surface area contributed by atoms with Gasteiger partial charge in [-0.25, -0.2) is 0 Å². The SMILES string of the molecule is C=CCc1cc(/C=C2/C(=O)N(c3ccccc3)N=C2C)cc(OCC)c1OS(=O)(=O)c1ccc(C)cc1. The molecule has 0 unspecified atom stereocenters. The summed E-state index contributed by atoms with van der Waals surface area (Å²) in [6.07, 6.45) is 3.70. The molecule has 1 aliphatic rings. The fraction of sp³-hybridized carbons (Fsp3) is 0.172. The first-order valence-electron chi connectivity index (χ1n) is 11.8. The highest BCUT2D eigenvalue weighted by molar-refractivity contribution is 7.87. The zero-order valence-electron chi connectivity index (χ0n) is 21.0. The molecule has 0 saturated carbocycles. The molecule has 0 bridgehead atoms. The molecule has 0 fully saturated rings. The van der Waals surface area contributed by atoms with Crippen molar-refractivity contribution in [1.82, 2.24) is 0 Å². The van der Waals surface area contributed by atoms with Crippen molar-refractivity contribution in [1.29, 1.82) is 0 Å². The summed E-state index contributed by atoms with van der Waals surface area (Å²) in [4.78, 5) is 13.2. The van der Waals surface area contributed by atoms with E-state index in [1.807, 2.05) is 37.3 Å². The number of para-hydroxylation sites is 1. The smallest absolute Gasteiger partial charge is 0.339 e. The summed E-state index contributed by atoms with van der Waals surface area (Å²) in [6, 6.07) is 19.0. The maximum Gasteiger partial charge on any atom is 0.339 e. The molecular formula is C29H28N2O5S. The number of hydrogen-bond donors (Lipinski definition) is 0. The first-order valence-corrected chi connectivity index (χ1v) is 13.2. The second-order valence-electron chi connectivity index (χ2n) is 8.48. The van der Waals surface area contributed by atoms with Crippen LogP contribution < -0.4 is 13.9 Å². The van der Waals surface area contributed by atoms with Gasteiger partial charge in [0.25, 0.3) is 5.91 Å². The van der Waals surface area contributed by atoms with Gasteiger partial charge in [0.15, 0.2) is 11.5 Å². The first kappa shape index (κ1) is 25.9. The number of amides is 1. The van der Waals surface area contributed by atoms with E-state index < -0.39 is 10.1 Å². The van der Waals surface area contributed by atoms with Gasteiger partial charge in [-0.15, -0.1) is 6.58 Å². The van der Waals surface area contributed by atoms with Gasteiger partial charge in [-0.05, 0) is 75.2 Å². The summed E-state index contributed by atoms with van der Waals surface area (Å²) in [7, 11) is -4.11. The number of hydrazone groups is 1. The van der Waals surface area contributed by atoms with Crippen molar-refractivity contribution in [2.24, 2.45) is 5.10 Å². The van der Waals surface area contributed by atoms with E-state index in [-0.39, 0.29) is 28.9 Å². The van der Waals surface area contributed by atoms with E-state index in [0.29, 0.717) is 34.5 Å². The molecule has 0 spiro atoms. The molecule has 0 atom stereocenters. The quantitative estimate of drug-likeness (QED) is 0.207. The third-order valence-corrected chi connectivity index (χ3v) is 6.93. The van der Waals surface area contributed by atoms with Crippen LogP contribution in [-0.4, -0.2) is 26.6 Å². The van der Waals surface area contributed by atoms with Crippen molar-refractivity contribution >= 4 is 33.5 Å². The number of allylic oxidation sites excluding steroid dienone is 1. The fourth-order valence-electron chi connectivity index (χ4n) is 3.89. The Morgan fingerprint density at radius 3 is 2.38 bits per heavy atom. The Hall–Kier alpha value is -4.17. The normalized spacial score (nSPS) is 14.6. The monoisotopic (exact) mass is 516 g/mol. The van der Waals surface area contributed by atoms with Crippen molar-refractivity contribution < 1.29 is 22.1 Å². The molecule has 0 aliphatic carbocycles. The predicted octanol–water partition coefficient (Wildman–Crippen LogP) is 5.70. The van der Waals surface area contributed by atoms with Gasteiger partial charge in [0.05, 0.1) is 23.6 Å². The highest BCUT2D eigenvalue weighted by Gasteiger charge is 2.29. The first-order chi connectivity index (χ1) is 17.7. The van der Waals surface area contributed by atoms with Crippen LogP contribution in [-0.2, 0) is 21.3 Å². The topological polar surface area (TPSA) is 85.3 Å². The van der Waals surface area contributed by atoms with Crippen LogP contribution in [0.25, 0.3) is 6.08 Å². The number of ether oxygens (including phenoxy) is 1. The highest BCUT2D eigenvalue weighted by atomic mass is 32.2. The summed E-state index contributed by atoms with van der Waals surface area (Å²) in [6.45, 7) is 9.53. The Labute approximate surface area is 217 Å². The van der Waals surface area contributed by atoms with Gasteiger partial charge >= 0.3 is 10.1 Å². The molecule has 0 N–H and O–H groups in total. The lowest BCUT2D eigenvalue weighted by Crippen LogP contribution is -2.21. The molecule has 0 radical (unpaired) electrons. The van der Waals surface area contributed by atoms with E-state index in [9.17, 15) is 13.2 Å². The van der Waals surface area contributed by atoms with Crippen LogP contribution in [0.4, 0.5) is 5.69 Å². The van der Waals surface area contributed by atoms with Crippen molar-refractivity contribution in [3.05, 3.63) is 102 Å². The van der Waals surface area contributed by atoms with Crippen molar-refractivity contribution in [3.63, 3.8) is 0 Å². The van der Waals surface area contributed by atoms with Crippen LogP contribution >= 0.6 is 0 Å². The number of nitrogens with zero attached hydrogens (tertiary/aromatic N) is 2. The summed E-state index contributed by atoms with van der Waals surface area (Å²) in [5.74, 6) is 0.0945. The van der Waals surface area contributed by atoms with E-state index in [1.54, 1.807) is 50.3 Å². The lowest BCUT2D eigenvalue weighted by atomic mass is 10.0. The minimum atomic E-state index is -4.11. The Balaban J connectivity index is 1.75. The third-order valence-electron chi connectivity index (χ3n) is 5.70. The van der Waals surface area contributed by atoms with Crippen LogP contribution in [0.3, 0.4) is 0 Å². The average molecular weight is 517 g/mol. The zero-order chi connectivity index (χ0) is 26.6. The highest BCUT2D eigenvalue weighted by Crippen LogP contribution is 2.37. The van der Waals surface area contributed by atoms with Gasteiger partial charge in [-0.2, -0.15) is 18.5 Å². The van der Waals surface area contributed by atoms with Crippen LogP contribution in [0.15, 0.2) is 95.0 Å². The largest absolute Gasteiger partial charge is 0.490 e. The lowest BCUT2D eigenvalue weighted by molar-refractivity contribution is -0.114. The van der Waals surface area contributed by atoms with Crippen molar-refractivity contribution in [2.75, 3.05) is 11.6 Å². The molecule has 1 heterocycles. The number of carbonyl (C=O) groups excluding carboxylic acids is 1. The maximum absolute atomic E-state index is 13.2. The van der Waals surface area contributed by atoms with Gasteiger partial charge in [0.1, 0.15) is 4.90 Å². The molecule has 1 amide bonds. The minimum absolute atomic E-state index is 0.0423. The number of hydrogen-bond acceptors (Lipinski definition) is 6. The second-order valence-corrected chi connectivity index (χ2v) is 10.0. The Morgan fingerprint density at radius 1 is 1.03 bits per heavy atom. The molecule has 1 aliphatic heterocycles. The summed E-state index contributed by atoms with van der Waals surface area (Å²) < 4.78 is 37.5. The summed E-state index contributed by atoms with van der Waals surface area (Å²) in [5, 5.41) is 5.78. The average Bonchev–Trinajstić information content (AvgIpc) is 3.15. The molecule has 3 aromatic carbocycles. The summed E-state index contributed by atoms with van der Waals surface area (Å²) >= 11 is 0.